The van der Waals surface area contributed by atoms with Crippen LogP contribution in [-0.2, 0) is 41.7 Å². The third kappa shape index (κ3) is 8.45. The molecule has 3 N–H and O–H groups in total. The lowest BCUT2D eigenvalue weighted by molar-refractivity contribution is -0.155. The van der Waals surface area contributed by atoms with Crippen LogP contribution >= 0.6 is 12.6 Å². The summed E-state index contributed by atoms with van der Waals surface area (Å²) < 4.78 is 7.82. The number of thiol groups is 1. The fraction of sp³-hybridized carbons (Fsp3) is 0.500. The minimum atomic E-state index is -1.16. The molecule has 0 radical (unpaired) electrons. The second kappa shape index (κ2) is 16.0. The number of carbonyl (C=O) groups excluding carboxylic acids is 5. The summed E-state index contributed by atoms with van der Waals surface area (Å²) in [4.78, 5) is 70.6. The monoisotopic (exact) mass is 771 g/mol. The first-order valence-corrected chi connectivity index (χ1v) is 19.3. The molecule has 3 aromatic rings. The fourth-order valence-corrected chi connectivity index (χ4v) is 8.01. The number of nitrogens with one attached hydrogen (secondary N) is 2. The summed E-state index contributed by atoms with van der Waals surface area (Å²) in [5.41, 5.74) is 5.81. The number of carbonyl (C=O) groups is 5. The first kappa shape index (κ1) is 39.6. The van der Waals surface area contributed by atoms with E-state index in [4.69, 9.17) is 4.74 Å². The van der Waals surface area contributed by atoms with Gasteiger partial charge in [-0.25, -0.2) is 5.43 Å². The highest BCUT2D eigenvalue weighted by Gasteiger charge is 2.42. The fourth-order valence-electron chi connectivity index (χ4n) is 7.81. The predicted molar refractivity (Wildman–Crippen MR) is 207 cm³/mol. The Morgan fingerprint density at radius 1 is 1.15 bits per heavy atom. The molecule has 1 aromatic heterocycles. The number of ether oxygens (including phenoxy) is 1. The van der Waals surface area contributed by atoms with Crippen molar-refractivity contribution in [1.29, 1.82) is 5.26 Å². The Labute approximate surface area is 326 Å². The molecule has 15 heteroatoms. The summed E-state index contributed by atoms with van der Waals surface area (Å²) in [7, 11) is 1.55. The van der Waals surface area contributed by atoms with Crippen LogP contribution in [0.2, 0.25) is 0 Å². The van der Waals surface area contributed by atoms with E-state index in [1.165, 1.54) is 9.91 Å². The number of hydrogen-bond donors (Lipinski definition) is 4. The van der Waals surface area contributed by atoms with Gasteiger partial charge in [-0.2, -0.15) is 17.9 Å². The van der Waals surface area contributed by atoms with E-state index in [2.05, 4.69) is 29.4 Å². The third-order valence-electron chi connectivity index (χ3n) is 10.7. The highest BCUT2D eigenvalue weighted by molar-refractivity contribution is 7.81. The number of rotatable bonds is 6. The van der Waals surface area contributed by atoms with E-state index in [1.807, 2.05) is 56.5 Å². The molecule has 0 unspecified atom stereocenters. The molecule has 0 saturated carbocycles. The van der Waals surface area contributed by atoms with Crippen molar-refractivity contribution in [2.45, 2.75) is 71.6 Å². The van der Waals surface area contributed by atoms with Gasteiger partial charge in [-0.3, -0.25) is 29.0 Å². The van der Waals surface area contributed by atoms with Gasteiger partial charge >= 0.3 is 5.97 Å². The number of likely N-dealkylation sites (N-methyl/N-ethyl adjacent to an activating group) is 1. The molecule has 292 valence electrons. The highest BCUT2D eigenvalue weighted by Crippen LogP contribution is 2.33. The largest absolute Gasteiger partial charge is 0.508 e. The Kier molecular flexibility index (Phi) is 11.5. The van der Waals surface area contributed by atoms with E-state index >= 15 is 0 Å². The summed E-state index contributed by atoms with van der Waals surface area (Å²) in [5.74, 6) is -2.77. The normalized spacial score (nSPS) is 20.9. The van der Waals surface area contributed by atoms with Crippen molar-refractivity contribution >= 4 is 53.1 Å². The Hall–Kier alpha value is -5.07. The molecule has 2 aromatic carbocycles. The van der Waals surface area contributed by atoms with Gasteiger partial charge in [0.05, 0.1) is 29.4 Å². The van der Waals surface area contributed by atoms with Gasteiger partial charge in [-0.05, 0) is 53.6 Å². The smallest absolute Gasteiger partial charge is 0.324 e. The first-order chi connectivity index (χ1) is 26.1. The number of nitrogens with zero attached hydrogens (tertiary/aromatic N) is 5. The van der Waals surface area contributed by atoms with Gasteiger partial charge in [0.25, 0.3) is 5.91 Å². The molecule has 3 aliphatic heterocycles. The topological polar surface area (TPSA) is 177 Å². The molecule has 4 heterocycles. The number of phenols is 1. The lowest BCUT2D eigenvalue weighted by atomic mass is 9.94. The van der Waals surface area contributed by atoms with Crippen molar-refractivity contribution in [2.75, 3.05) is 39.0 Å². The number of aromatic hydroxyl groups is 1. The Morgan fingerprint density at radius 3 is 2.58 bits per heavy atom. The minimum absolute atomic E-state index is 0.0173. The van der Waals surface area contributed by atoms with Crippen LogP contribution in [0.3, 0.4) is 0 Å². The van der Waals surface area contributed by atoms with Gasteiger partial charge in [-0.1, -0.05) is 45.9 Å². The van der Waals surface area contributed by atoms with Crippen molar-refractivity contribution in [3.8, 4) is 22.9 Å². The van der Waals surface area contributed by atoms with Gasteiger partial charge in [0, 0.05) is 56.6 Å². The number of amides is 4. The number of cyclic esters (lactones) is 1. The number of nitriles is 1. The number of fused-ring (bicyclic) bond motifs is 6. The Balaban J connectivity index is 1.35. The lowest BCUT2D eigenvalue weighted by Gasteiger charge is -2.42. The van der Waals surface area contributed by atoms with E-state index in [1.54, 1.807) is 30.3 Å². The molecule has 6 rings (SSSR count). The van der Waals surface area contributed by atoms with Crippen LogP contribution in [0, 0.1) is 28.6 Å². The first-order valence-electron chi connectivity index (χ1n) is 18.6. The maximum Gasteiger partial charge on any atom is 0.324 e. The van der Waals surface area contributed by atoms with Gasteiger partial charge < -0.3 is 29.5 Å². The highest BCUT2D eigenvalue weighted by atomic mass is 32.1. The standard InChI is InChI=1S/C40H49N7O7S/c1-23(2)35(44(5)37(51)28-18-45(19-28)34(49)20-55)36(50)42-32-13-24-11-26(14-29(48)12-24)25-8-9-30-27(16-41)17-46(33(30)15-25)21-40(3,4)22-54-39(53)31-7-6-10-47(43-31)38(32)52/h8-9,11-12,14-15,17,23,28,31-32,35,43,48,55H,6-7,10,13,18-22H2,1-5H3,(H,42,50)/t31-,32-,35-/m0/s1. The van der Waals surface area contributed by atoms with E-state index < -0.39 is 47.2 Å². The van der Waals surface area contributed by atoms with Gasteiger partial charge in [0.2, 0.25) is 17.7 Å². The van der Waals surface area contributed by atoms with Crippen LogP contribution in [-0.4, -0.2) is 111 Å². The van der Waals surface area contributed by atoms with Crippen molar-refractivity contribution in [3.05, 3.63) is 53.7 Å². The van der Waals surface area contributed by atoms with E-state index in [9.17, 15) is 34.3 Å². The average molecular weight is 772 g/mol. The van der Waals surface area contributed by atoms with Crippen LogP contribution in [0.15, 0.2) is 42.6 Å². The SMILES string of the molecule is CC(C)[C@@H](C(=O)N[C@H]1Cc2cc(O)cc(c2)-c2ccc3c(C#N)cn(c3c2)CC(C)(C)COC(=O)[C@@H]2CCCN(N2)C1=O)N(C)C(=O)C1CN(C(=O)CS)C1. The number of aromatic nitrogens is 1. The van der Waals surface area contributed by atoms with Crippen LogP contribution in [0.25, 0.3) is 22.0 Å². The van der Waals surface area contributed by atoms with Crippen molar-refractivity contribution in [3.63, 3.8) is 0 Å². The molecular formula is C40H49N7O7S. The number of likely N-dealkylation sites (tertiary alicyclic amines) is 1. The number of benzene rings is 2. The summed E-state index contributed by atoms with van der Waals surface area (Å²) in [6.45, 7) is 8.88. The predicted octanol–water partition coefficient (Wildman–Crippen LogP) is 2.86. The zero-order chi connectivity index (χ0) is 39.8. The van der Waals surface area contributed by atoms with E-state index in [0.29, 0.717) is 36.1 Å². The van der Waals surface area contributed by atoms with Crippen LogP contribution in [0.1, 0.15) is 51.7 Å². The molecule has 6 bridgehead atoms. The van der Waals surface area contributed by atoms with Gasteiger partial charge in [-0.15, -0.1) is 0 Å². The van der Waals surface area contributed by atoms with Crippen molar-refractivity contribution in [1.82, 2.24) is 30.1 Å². The summed E-state index contributed by atoms with van der Waals surface area (Å²) in [5, 5.41) is 25.9. The van der Waals surface area contributed by atoms with Crippen LogP contribution in [0.4, 0.5) is 0 Å². The minimum Gasteiger partial charge on any atom is -0.508 e. The number of hydrazine groups is 1. The quantitative estimate of drug-likeness (QED) is 0.217. The van der Waals surface area contributed by atoms with Crippen molar-refractivity contribution in [2.24, 2.45) is 17.3 Å². The van der Waals surface area contributed by atoms with E-state index in [-0.39, 0.29) is 61.9 Å². The average Bonchev–Trinajstić information content (AvgIpc) is 3.47. The molecule has 0 aliphatic carbocycles. The maximum atomic E-state index is 14.4. The van der Waals surface area contributed by atoms with E-state index in [0.717, 1.165) is 16.5 Å². The van der Waals surface area contributed by atoms with Gasteiger partial charge in [0.15, 0.2) is 0 Å². The summed E-state index contributed by atoms with van der Waals surface area (Å²) in [6.07, 6.45) is 2.72. The molecule has 55 heavy (non-hydrogen) atoms. The molecule has 4 amide bonds. The molecule has 2 saturated heterocycles. The Morgan fingerprint density at radius 2 is 1.89 bits per heavy atom. The maximum absolute atomic E-state index is 14.4. The van der Waals surface area contributed by atoms with Gasteiger partial charge in [0.1, 0.15) is 29.9 Å². The molecule has 3 atom stereocenters. The lowest BCUT2D eigenvalue weighted by Crippen LogP contribution is -2.63. The Bertz CT molecular complexity index is 2050. The number of hydrogen-bond acceptors (Lipinski definition) is 10. The number of phenolic OH excluding ortho intramolecular Hbond substituents is 1. The van der Waals surface area contributed by atoms with Crippen molar-refractivity contribution < 1.29 is 33.8 Å². The molecular weight excluding hydrogens is 723 g/mol. The second-order valence-corrected chi connectivity index (χ2v) is 16.4. The zero-order valence-corrected chi connectivity index (χ0v) is 32.8. The number of esters is 1. The van der Waals surface area contributed by atoms with Crippen LogP contribution in [0.5, 0.6) is 5.75 Å². The summed E-state index contributed by atoms with van der Waals surface area (Å²) in [6, 6.07) is 10.1. The second-order valence-electron chi connectivity index (χ2n) is 16.0. The van der Waals surface area contributed by atoms with Crippen LogP contribution < -0.4 is 10.7 Å². The third-order valence-corrected chi connectivity index (χ3v) is 11.0. The molecule has 14 nitrogen and oxygen atoms in total. The summed E-state index contributed by atoms with van der Waals surface area (Å²) >= 11 is 4.03. The molecule has 2 fully saturated rings. The zero-order valence-electron chi connectivity index (χ0n) is 31.9. The molecule has 3 aliphatic rings. The molecule has 0 spiro atoms.